The van der Waals surface area contributed by atoms with Gasteiger partial charge in [0.1, 0.15) is 16.4 Å². The highest BCUT2D eigenvalue weighted by molar-refractivity contribution is 7.89. The van der Waals surface area contributed by atoms with Gasteiger partial charge in [-0.3, -0.25) is 0 Å². The number of fused-ring (bicyclic) bond motifs is 3. The topological polar surface area (TPSA) is 84.9 Å². The molecule has 0 aromatic heterocycles. The highest BCUT2D eigenvalue weighted by atomic mass is 32.2. The lowest BCUT2D eigenvalue weighted by atomic mass is 10.2. The Labute approximate surface area is 151 Å². The number of benzene rings is 2. The lowest BCUT2D eigenvalue weighted by Gasteiger charge is -2.33. The predicted octanol–water partition coefficient (Wildman–Crippen LogP) is 2.13. The van der Waals surface area contributed by atoms with E-state index in [0.717, 1.165) is 19.4 Å². The summed E-state index contributed by atoms with van der Waals surface area (Å²) in [7, 11) is -2.09. The van der Waals surface area contributed by atoms with Crippen LogP contribution in [0.4, 0.5) is 5.69 Å². The number of esters is 1. The van der Waals surface area contributed by atoms with Crippen LogP contribution in [0.25, 0.3) is 0 Å². The number of anilines is 1. The van der Waals surface area contributed by atoms with Gasteiger partial charge in [-0.25, -0.2) is 13.2 Å². The van der Waals surface area contributed by atoms with Crippen molar-refractivity contribution in [3.63, 3.8) is 0 Å². The minimum absolute atomic E-state index is 0.135. The SMILES string of the molecule is COc1ccc(C(=O)Oc2ccc3c(c2)S(=O)(=O)NC2CCCN32)cc1. The smallest absolute Gasteiger partial charge is 0.343 e. The molecule has 2 aromatic rings. The van der Waals surface area contributed by atoms with Crippen molar-refractivity contribution in [2.75, 3.05) is 18.6 Å². The van der Waals surface area contributed by atoms with E-state index in [4.69, 9.17) is 9.47 Å². The third-order valence-electron chi connectivity index (χ3n) is 4.61. The van der Waals surface area contributed by atoms with Gasteiger partial charge in [0.2, 0.25) is 10.0 Å². The number of sulfonamides is 1. The fourth-order valence-electron chi connectivity index (χ4n) is 3.32. The maximum Gasteiger partial charge on any atom is 0.343 e. The average Bonchev–Trinajstić information content (AvgIpc) is 3.09. The molecule has 8 heteroatoms. The van der Waals surface area contributed by atoms with Crippen LogP contribution in [0.5, 0.6) is 11.5 Å². The van der Waals surface area contributed by atoms with E-state index in [1.165, 1.54) is 6.07 Å². The van der Waals surface area contributed by atoms with Gasteiger partial charge in [0.15, 0.2) is 0 Å². The lowest BCUT2D eigenvalue weighted by molar-refractivity contribution is 0.0734. The number of ether oxygens (including phenoxy) is 2. The summed E-state index contributed by atoms with van der Waals surface area (Å²) in [5.41, 5.74) is 1.000. The highest BCUT2D eigenvalue weighted by Crippen LogP contribution is 2.37. The molecule has 4 rings (SSSR count). The normalized spacial score (nSPS) is 20.2. The Hall–Kier alpha value is -2.58. The Morgan fingerprint density at radius 3 is 2.62 bits per heavy atom. The van der Waals surface area contributed by atoms with Gasteiger partial charge in [-0.1, -0.05) is 0 Å². The third-order valence-corrected chi connectivity index (χ3v) is 6.10. The lowest BCUT2D eigenvalue weighted by Crippen LogP contribution is -2.48. The largest absolute Gasteiger partial charge is 0.497 e. The zero-order valence-electron chi connectivity index (χ0n) is 14.1. The van der Waals surface area contributed by atoms with Crippen molar-refractivity contribution in [1.82, 2.24) is 4.72 Å². The summed E-state index contributed by atoms with van der Waals surface area (Å²) in [6.45, 7) is 0.797. The minimum atomic E-state index is -3.63. The number of carbonyl (C=O) groups is 1. The van der Waals surface area contributed by atoms with E-state index >= 15 is 0 Å². The molecule has 0 spiro atoms. The van der Waals surface area contributed by atoms with Crippen LogP contribution in [-0.2, 0) is 10.0 Å². The van der Waals surface area contributed by atoms with E-state index in [0.29, 0.717) is 17.0 Å². The summed E-state index contributed by atoms with van der Waals surface area (Å²) in [6.07, 6.45) is 1.52. The fourth-order valence-corrected chi connectivity index (χ4v) is 4.79. The molecule has 0 amide bonds. The zero-order valence-corrected chi connectivity index (χ0v) is 15.0. The van der Waals surface area contributed by atoms with E-state index < -0.39 is 16.0 Å². The van der Waals surface area contributed by atoms with Gasteiger partial charge >= 0.3 is 5.97 Å². The van der Waals surface area contributed by atoms with Gasteiger partial charge < -0.3 is 14.4 Å². The predicted molar refractivity (Wildman–Crippen MR) is 95.1 cm³/mol. The summed E-state index contributed by atoms with van der Waals surface area (Å²) < 4.78 is 38.1. The van der Waals surface area contributed by atoms with Gasteiger partial charge in [0.05, 0.1) is 24.5 Å². The first-order valence-corrected chi connectivity index (χ1v) is 9.75. The van der Waals surface area contributed by atoms with E-state index in [1.54, 1.807) is 43.5 Å². The third kappa shape index (κ3) is 2.91. The zero-order chi connectivity index (χ0) is 18.3. The van der Waals surface area contributed by atoms with Crippen LogP contribution in [0.15, 0.2) is 47.4 Å². The molecule has 2 aliphatic heterocycles. The molecular formula is C18H18N2O5S. The van der Waals surface area contributed by atoms with Crippen molar-refractivity contribution in [3.8, 4) is 11.5 Å². The molecule has 0 saturated carbocycles. The Kier molecular flexibility index (Phi) is 4.08. The monoisotopic (exact) mass is 374 g/mol. The number of carbonyl (C=O) groups excluding carboxylic acids is 1. The van der Waals surface area contributed by atoms with Gasteiger partial charge in [-0.05, 0) is 49.2 Å². The van der Waals surface area contributed by atoms with Crippen molar-refractivity contribution >= 4 is 21.7 Å². The van der Waals surface area contributed by atoms with Crippen molar-refractivity contribution in [1.29, 1.82) is 0 Å². The standard InChI is InChI=1S/C18H18N2O5S/c1-24-13-6-4-12(5-7-13)18(21)25-14-8-9-15-16(11-14)26(22,23)19-17-3-2-10-20(15)17/h4-9,11,17,19H,2-3,10H2,1H3. The van der Waals surface area contributed by atoms with Crippen LogP contribution in [0.2, 0.25) is 0 Å². The molecular weight excluding hydrogens is 356 g/mol. The van der Waals surface area contributed by atoms with E-state index in [9.17, 15) is 13.2 Å². The second-order valence-corrected chi connectivity index (χ2v) is 7.90. The first-order chi connectivity index (χ1) is 12.5. The summed E-state index contributed by atoms with van der Waals surface area (Å²) in [5, 5.41) is 0. The summed E-state index contributed by atoms with van der Waals surface area (Å²) >= 11 is 0. The van der Waals surface area contributed by atoms with E-state index in [2.05, 4.69) is 4.72 Å². The summed E-state index contributed by atoms with van der Waals surface area (Å²) in [4.78, 5) is 14.5. The number of hydrogen-bond acceptors (Lipinski definition) is 6. The summed E-state index contributed by atoms with van der Waals surface area (Å²) in [6, 6.07) is 11.2. The molecule has 2 heterocycles. The van der Waals surface area contributed by atoms with Crippen molar-refractivity contribution < 1.29 is 22.7 Å². The van der Waals surface area contributed by atoms with Crippen molar-refractivity contribution in [2.24, 2.45) is 0 Å². The molecule has 2 aromatic carbocycles. The second-order valence-electron chi connectivity index (χ2n) is 6.22. The molecule has 7 nitrogen and oxygen atoms in total. The number of hydrogen-bond donors (Lipinski definition) is 1. The number of nitrogens with zero attached hydrogens (tertiary/aromatic N) is 1. The van der Waals surface area contributed by atoms with E-state index in [-0.39, 0.29) is 16.8 Å². The minimum Gasteiger partial charge on any atom is -0.497 e. The Balaban J connectivity index is 1.61. The van der Waals surface area contributed by atoms with Crippen molar-refractivity contribution in [3.05, 3.63) is 48.0 Å². The second kappa shape index (κ2) is 6.30. The van der Waals surface area contributed by atoms with Crippen LogP contribution >= 0.6 is 0 Å². The Bertz CT molecular complexity index is 956. The molecule has 2 aliphatic rings. The van der Waals surface area contributed by atoms with Gasteiger partial charge in [0, 0.05) is 12.6 Å². The van der Waals surface area contributed by atoms with Crippen LogP contribution in [-0.4, -0.2) is 34.2 Å². The van der Waals surface area contributed by atoms with Crippen LogP contribution in [0, 0.1) is 0 Å². The van der Waals surface area contributed by atoms with Crippen LogP contribution in [0.1, 0.15) is 23.2 Å². The van der Waals surface area contributed by atoms with Gasteiger partial charge in [-0.15, -0.1) is 0 Å². The highest BCUT2D eigenvalue weighted by Gasteiger charge is 2.37. The average molecular weight is 374 g/mol. The maximum atomic E-state index is 12.5. The van der Waals surface area contributed by atoms with Crippen molar-refractivity contribution in [2.45, 2.75) is 23.9 Å². The van der Waals surface area contributed by atoms with E-state index in [1.807, 2.05) is 4.90 Å². The molecule has 0 aliphatic carbocycles. The molecule has 136 valence electrons. The molecule has 1 saturated heterocycles. The molecule has 0 bridgehead atoms. The van der Waals surface area contributed by atoms with Crippen LogP contribution in [0.3, 0.4) is 0 Å². The first-order valence-electron chi connectivity index (χ1n) is 8.27. The number of rotatable bonds is 3. The molecule has 1 unspecified atom stereocenters. The van der Waals surface area contributed by atoms with Gasteiger partial charge in [0.25, 0.3) is 0 Å². The Morgan fingerprint density at radius 1 is 1.15 bits per heavy atom. The summed E-state index contributed by atoms with van der Waals surface area (Å²) in [5.74, 6) is 0.257. The first kappa shape index (κ1) is 16.9. The quantitative estimate of drug-likeness (QED) is 0.654. The molecule has 1 atom stereocenters. The molecule has 1 fully saturated rings. The number of methoxy groups -OCH3 is 1. The molecule has 0 radical (unpaired) electrons. The van der Waals surface area contributed by atoms with Gasteiger partial charge in [-0.2, -0.15) is 4.72 Å². The molecule has 26 heavy (non-hydrogen) atoms. The maximum absolute atomic E-state index is 12.5. The fraction of sp³-hybridized carbons (Fsp3) is 0.278. The molecule has 1 N–H and O–H groups in total. The Morgan fingerprint density at radius 2 is 1.88 bits per heavy atom. The number of nitrogens with one attached hydrogen (secondary N) is 1. The van der Waals surface area contributed by atoms with Crippen LogP contribution < -0.4 is 19.1 Å².